The van der Waals surface area contributed by atoms with Gasteiger partial charge in [-0.15, -0.1) is 11.3 Å². The molecule has 2 aliphatic rings. The van der Waals surface area contributed by atoms with Crippen molar-refractivity contribution in [3.63, 3.8) is 0 Å². The third-order valence-corrected chi connectivity index (χ3v) is 6.16. The molecule has 19 heavy (non-hydrogen) atoms. The van der Waals surface area contributed by atoms with Crippen LogP contribution in [0.15, 0.2) is 22.5 Å². The number of amidine groups is 1. The van der Waals surface area contributed by atoms with Crippen molar-refractivity contribution in [2.75, 3.05) is 5.75 Å². The van der Waals surface area contributed by atoms with Gasteiger partial charge in [0.05, 0.1) is 6.04 Å². The van der Waals surface area contributed by atoms with Crippen molar-refractivity contribution < 1.29 is 0 Å². The van der Waals surface area contributed by atoms with Crippen LogP contribution < -0.4 is 5.32 Å². The van der Waals surface area contributed by atoms with Crippen molar-refractivity contribution in [3.8, 4) is 0 Å². The zero-order valence-electron chi connectivity index (χ0n) is 11.5. The molecule has 0 radical (unpaired) electrons. The van der Waals surface area contributed by atoms with Crippen molar-refractivity contribution in [1.82, 2.24) is 5.32 Å². The summed E-state index contributed by atoms with van der Waals surface area (Å²) in [6, 6.07) is 4.71. The molecule has 1 unspecified atom stereocenters. The van der Waals surface area contributed by atoms with E-state index in [1.54, 1.807) is 0 Å². The molecule has 2 nitrogen and oxygen atoms in total. The van der Waals surface area contributed by atoms with Crippen LogP contribution in [0.3, 0.4) is 0 Å². The van der Waals surface area contributed by atoms with Crippen LogP contribution in [0.2, 0.25) is 0 Å². The van der Waals surface area contributed by atoms with Gasteiger partial charge in [0.25, 0.3) is 0 Å². The molecule has 4 heteroatoms. The van der Waals surface area contributed by atoms with Gasteiger partial charge in [-0.1, -0.05) is 37.1 Å². The predicted octanol–water partition coefficient (Wildman–Crippen LogP) is 4.07. The monoisotopic (exact) mass is 294 g/mol. The maximum absolute atomic E-state index is 4.88. The first-order valence-corrected chi connectivity index (χ1v) is 9.13. The minimum atomic E-state index is 0.379. The largest absolute Gasteiger partial charge is 0.359 e. The van der Waals surface area contributed by atoms with Gasteiger partial charge in [0.2, 0.25) is 0 Å². The molecule has 1 saturated carbocycles. The third kappa shape index (κ3) is 3.34. The number of hydrogen-bond acceptors (Lipinski definition) is 3. The lowest BCUT2D eigenvalue weighted by molar-refractivity contribution is 0.303. The van der Waals surface area contributed by atoms with E-state index >= 15 is 0 Å². The average molecular weight is 294 g/mol. The second kappa shape index (κ2) is 5.88. The number of thioether (sulfide) groups is 1. The molecule has 0 bridgehead atoms. The van der Waals surface area contributed by atoms with E-state index in [0.717, 1.165) is 6.42 Å². The van der Waals surface area contributed by atoms with E-state index in [0.29, 0.717) is 11.6 Å². The Bertz CT molecular complexity index is 433. The summed E-state index contributed by atoms with van der Waals surface area (Å²) in [5.74, 6) is 1.22. The molecule has 3 rings (SSSR count). The number of nitrogens with one attached hydrogen (secondary N) is 1. The molecular weight excluding hydrogens is 272 g/mol. The Kier molecular flexibility index (Phi) is 4.18. The van der Waals surface area contributed by atoms with E-state index in [-0.39, 0.29) is 0 Å². The summed E-state index contributed by atoms with van der Waals surface area (Å²) in [4.78, 5) is 6.31. The third-order valence-electron chi connectivity index (χ3n) is 4.08. The second-order valence-corrected chi connectivity index (χ2v) is 7.82. The first-order chi connectivity index (χ1) is 9.26. The van der Waals surface area contributed by atoms with Gasteiger partial charge in [0.1, 0.15) is 0 Å². The van der Waals surface area contributed by atoms with E-state index in [2.05, 4.69) is 29.8 Å². The molecule has 1 aliphatic carbocycles. The lowest BCUT2D eigenvalue weighted by Crippen LogP contribution is -2.45. The summed E-state index contributed by atoms with van der Waals surface area (Å²) in [5.41, 5.74) is 0.379. The molecule has 2 fully saturated rings. The highest BCUT2D eigenvalue weighted by Crippen LogP contribution is 2.36. The van der Waals surface area contributed by atoms with Crippen LogP contribution in [0.5, 0.6) is 0 Å². The quantitative estimate of drug-likeness (QED) is 0.908. The lowest BCUT2D eigenvalue weighted by Gasteiger charge is -2.32. The number of aliphatic imine (C=N–C) groups is 1. The van der Waals surface area contributed by atoms with Crippen LogP contribution in [0.4, 0.5) is 0 Å². The summed E-state index contributed by atoms with van der Waals surface area (Å²) in [6.45, 7) is 2.22. The van der Waals surface area contributed by atoms with Crippen LogP contribution in [0.1, 0.15) is 43.9 Å². The van der Waals surface area contributed by atoms with E-state index in [1.165, 1.54) is 47.9 Å². The molecule has 0 aromatic carbocycles. The molecule has 1 spiro atoms. The zero-order chi connectivity index (χ0) is 13.1. The smallest absolute Gasteiger partial charge is 0.157 e. The Morgan fingerprint density at radius 2 is 2.21 bits per heavy atom. The molecule has 1 N–H and O–H groups in total. The Morgan fingerprint density at radius 1 is 1.37 bits per heavy atom. The van der Waals surface area contributed by atoms with Gasteiger partial charge in [0, 0.05) is 22.6 Å². The molecule has 104 valence electrons. The van der Waals surface area contributed by atoms with Crippen molar-refractivity contribution >= 4 is 28.3 Å². The topological polar surface area (TPSA) is 24.4 Å². The fraction of sp³-hybridized carbons (Fsp3) is 0.667. The fourth-order valence-corrected chi connectivity index (χ4v) is 5.18. The highest BCUT2D eigenvalue weighted by molar-refractivity contribution is 8.14. The summed E-state index contributed by atoms with van der Waals surface area (Å²) in [5, 5.41) is 7.07. The predicted molar refractivity (Wildman–Crippen MR) is 86.3 cm³/mol. The summed E-state index contributed by atoms with van der Waals surface area (Å²) < 4.78 is 0. The number of hydrogen-bond donors (Lipinski definition) is 1. The Balaban J connectivity index is 1.58. The van der Waals surface area contributed by atoms with Crippen molar-refractivity contribution in [2.45, 2.75) is 57.0 Å². The first kappa shape index (κ1) is 13.5. The van der Waals surface area contributed by atoms with E-state index in [1.807, 2.05) is 23.1 Å². The Hall–Kier alpha value is -0.480. The van der Waals surface area contributed by atoms with Gasteiger partial charge >= 0.3 is 0 Å². The zero-order valence-corrected chi connectivity index (χ0v) is 13.2. The lowest BCUT2D eigenvalue weighted by atomic mass is 9.83. The van der Waals surface area contributed by atoms with Crippen LogP contribution in [0, 0.1) is 0 Å². The van der Waals surface area contributed by atoms with Gasteiger partial charge in [-0.2, -0.15) is 0 Å². The van der Waals surface area contributed by atoms with Crippen molar-refractivity contribution in [2.24, 2.45) is 4.99 Å². The second-order valence-electron chi connectivity index (χ2n) is 5.82. The average Bonchev–Trinajstić information content (AvgIpc) is 3.02. The van der Waals surface area contributed by atoms with Crippen LogP contribution in [-0.4, -0.2) is 22.5 Å². The molecule has 0 amide bonds. The maximum atomic E-state index is 4.88. The highest BCUT2D eigenvalue weighted by Gasteiger charge is 2.38. The highest BCUT2D eigenvalue weighted by atomic mass is 32.2. The molecule has 1 aromatic heterocycles. The first-order valence-electron chi connectivity index (χ1n) is 7.27. The van der Waals surface area contributed by atoms with Gasteiger partial charge in [-0.25, -0.2) is 0 Å². The molecule has 2 heterocycles. The van der Waals surface area contributed by atoms with Gasteiger partial charge < -0.3 is 5.32 Å². The van der Waals surface area contributed by atoms with Crippen LogP contribution in [0.25, 0.3) is 0 Å². The summed E-state index contributed by atoms with van der Waals surface area (Å²) in [7, 11) is 0. The minimum absolute atomic E-state index is 0.379. The molecule has 1 aliphatic heterocycles. The Labute approximate surface area is 124 Å². The van der Waals surface area contributed by atoms with Gasteiger partial charge in [0.15, 0.2) is 5.17 Å². The van der Waals surface area contributed by atoms with E-state index < -0.39 is 0 Å². The molecule has 1 atom stereocenters. The summed E-state index contributed by atoms with van der Waals surface area (Å²) >= 11 is 3.77. The Morgan fingerprint density at radius 3 is 2.95 bits per heavy atom. The van der Waals surface area contributed by atoms with Crippen LogP contribution in [-0.2, 0) is 6.42 Å². The van der Waals surface area contributed by atoms with Gasteiger partial charge in [-0.3, -0.25) is 4.99 Å². The fourth-order valence-electron chi connectivity index (χ4n) is 3.04. The standard InChI is InChI=1S/C15H22N2S2/c1-12(10-13-6-5-9-18-13)16-14-17-15(11-19-14)7-3-2-4-8-15/h5-6,9,12H,2-4,7-8,10-11H2,1H3,(H,16,17). The molecular formula is C15H22N2S2. The number of rotatable bonds is 3. The number of nitrogens with zero attached hydrogens (tertiary/aromatic N) is 1. The maximum Gasteiger partial charge on any atom is 0.157 e. The SMILES string of the molecule is CC(Cc1cccs1)N=C1NC2(CCCCC2)CS1. The normalized spacial score (nSPS) is 25.6. The van der Waals surface area contributed by atoms with Gasteiger partial charge in [-0.05, 0) is 31.2 Å². The molecule has 1 saturated heterocycles. The van der Waals surface area contributed by atoms with Crippen molar-refractivity contribution in [3.05, 3.63) is 22.4 Å². The van der Waals surface area contributed by atoms with Crippen LogP contribution >= 0.6 is 23.1 Å². The van der Waals surface area contributed by atoms with E-state index in [9.17, 15) is 0 Å². The van der Waals surface area contributed by atoms with Crippen molar-refractivity contribution in [1.29, 1.82) is 0 Å². The number of thiophene rings is 1. The van der Waals surface area contributed by atoms with E-state index in [4.69, 9.17) is 4.99 Å². The molecule has 1 aromatic rings. The minimum Gasteiger partial charge on any atom is -0.359 e. The summed E-state index contributed by atoms with van der Waals surface area (Å²) in [6.07, 6.45) is 7.90.